The van der Waals surface area contributed by atoms with Gasteiger partial charge in [-0.2, -0.15) is 13.2 Å². The Bertz CT molecular complexity index is 803. The van der Waals surface area contributed by atoms with Crippen molar-refractivity contribution in [2.75, 3.05) is 0 Å². The Labute approximate surface area is 160 Å². The van der Waals surface area contributed by atoms with Gasteiger partial charge >= 0.3 is 6.18 Å². The lowest BCUT2D eigenvalue weighted by Crippen LogP contribution is -2.42. The van der Waals surface area contributed by atoms with Crippen molar-refractivity contribution in [3.63, 3.8) is 0 Å². The van der Waals surface area contributed by atoms with Crippen LogP contribution in [0, 0.1) is 0 Å². The zero-order valence-electron chi connectivity index (χ0n) is 12.6. The summed E-state index contributed by atoms with van der Waals surface area (Å²) in [5.74, 6) is 0. The topological polar surface area (TPSA) is 21.6 Å². The van der Waals surface area contributed by atoms with Crippen molar-refractivity contribution in [3.8, 4) is 0 Å². The Balaban J connectivity index is 2.00. The van der Waals surface area contributed by atoms with E-state index in [0.29, 0.717) is 10.9 Å². The van der Waals surface area contributed by atoms with Gasteiger partial charge in [0, 0.05) is 27.4 Å². The van der Waals surface area contributed by atoms with Crippen molar-refractivity contribution >= 4 is 44.8 Å². The number of rotatable bonds is 3. The van der Waals surface area contributed by atoms with Gasteiger partial charge in [0.1, 0.15) is 0 Å². The van der Waals surface area contributed by atoms with Gasteiger partial charge in [0.05, 0.1) is 5.71 Å². The molecule has 0 amide bonds. The fraction of sp³-hybridized carbons (Fsp3) is 0.235. The van der Waals surface area contributed by atoms with Crippen molar-refractivity contribution in [1.82, 2.24) is 0 Å². The summed E-state index contributed by atoms with van der Waals surface area (Å²) in [5, 5.41) is 4.58. The van der Waals surface area contributed by atoms with Gasteiger partial charge in [-0.05, 0) is 29.3 Å². The molecule has 3 rings (SSSR count). The second kappa shape index (κ2) is 6.82. The zero-order valence-corrected chi connectivity index (χ0v) is 15.7. The standard InChI is InChI=1S/C17H11BrCl2F3NO/c18-9-10-1-3-11(4-2-10)15-8-16(25-24-15,17(21,22)23)12-5-13(19)7-14(20)6-12/h1-7H,8-9H2. The van der Waals surface area contributed by atoms with E-state index in [1.807, 2.05) is 12.1 Å². The summed E-state index contributed by atoms with van der Waals surface area (Å²) >= 11 is 15.1. The lowest BCUT2D eigenvalue weighted by Gasteiger charge is -2.29. The van der Waals surface area contributed by atoms with Crippen LogP contribution in [0.2, 0.25) is 10.0 Å². The molecule has 0 aromatic heterocycles. The van der Waals surface area contributed by atoms with Crippen molar-refractivity contribution in [1.29, 1.82) is 0 Å². The minimum Gasteiger partial charge on any atom is -0.374 e. The van der Waals surface area contributed by atoms with Crippen LogP contribution in [0.4, 0.5) is 13.2 Å². The first kappa shape index (κ1) is 18.5. The first-order valence-electron chi connectivity index (χ1n) is 7.19. The fourth-order valence-corrected chi connectivity index (χ4v) is 3.53. The van der Waals surface area contributed by atoms with Crippen LogP contribution in [0.3, 0.4) is 0 Å². The van der Waals surface area contributed by atoms with Crippen molar-refractivity contribution in [2.24, 2.45) is 5.16 Å². The van der Waals surface area contributed by atoms with Gasteiger partial charge in [-0.15, -0.1) is 0 Å². The highest BCUT2D eigenvalue weighted by molar-refractivity contribution is 9.08. The van der Waals surface area contributed by atoms with Crippen molar-refractivity contribution < 1.29 is 18.0 Å². The van der Waals surface area contributed by atoms with E-state index in [-0.39, 0.29) is 21.3 Å². The predicted octanol–water partition coefficient (Wildman–Crippen LogP) is 6.47. The predicted molar refractivity (Wildman–Crippen MR) is 95.5 cm³/mol. The highest BCUT2D eigenvalue weighted by atomic mass is 79.9. The molecule has 1 atom stereocenters. The summed E-state index contributed by atoms with van der Waals surface area (Å²) in [6, 6.07) is 10.8. The Morgan fingerprint density at radius 1 is 1.08 bits per heavy atom. The zero-order chi connectivity index (χ0) is 18.2. The summed E-state index contributed by atoms with van der Waals surface area (Å²) in [7, 11) is 0. The summed E-state index contributed by atoms with van der Waals surface area (Å²) in [5.41, 5.74) is -0.982. The third-order valence-corrected chi connectivity index (χ3v) is 5.04. The number of hydrogen-bond acceptors (Lipinski definition) is 2. The van der Waals surface area contributed by atoms with E-state index in [0.717, 1.165) is 5.56 Å². The van der Waals surface area contributed by atoms with Crippen LogP contribution >= 0.6 is 39.1 Å². The maximum absolute atomic E-state index is 13.9. The Morgan fingerprint density at radius 2 is 1.68 bits per heavy atom. The van der Waals surface area contributed by atoms with E-state index in [1.165, 1.54) is 18.2 Å². The van der Waals surface area contributed by atoms with Crippen LogP contribution in [0.25, 0.3) is 0 Å². The normalized spacial score (nSPS) is 20.3. The van der Waals surface area contributed by atoms with Gasteiger partial charge in [0.2, 0.25) is 0 Å². The van der Waals surface area contributed by atoms with E-state index < -0.39 is 18.2 Å². The van der Waals surface area contributed by atoms with Gasteiger partial charge in [-0.1, -0.05) is 68.6 Å². The van der Waals surface area contributed by atoms with Crippen LogP contribution in [-0.4, -0.2) is 11.9 Å². The monoisotopic (exact) mass is 451 g/mol. The van der Waals surface area contributed by atoms with Crippen molar-refractivity contribution in [3.05, 3.63) is 69.2 Å². The second-order valence-electron chi connectivity index (χ2n) is 5.62. The quantitative estimate of drug-likeness (QED) is 0.489. The van der Waals surface area contributed by atoms with Crippen LogP contribution < -0.4 is 0 Å². The average molecular weight is 453 g/mol. The number of oxime groups is 1. The summed E-state index contributed by atoms with van der Waals surface area (Å²) in [6.07, 6.45) is -5.15. The molecule has 0 radical (unpaired) electrons. The fourth-order valence-electron chi connectivity index (χ4n) is 2.63. The molecule has 1 heterocycles. The third kappa shape index (κ3) is 3.52. The molecule has 0 saturated carbocycles. The molecule has 0 bridgehead atoms. The number of hydrogen-bond donors (Lipinski definition) is 0. The minimum absolute atomic E-state index is 0.102. The summed E-state index contributed by atoms with van der Waals surface area (Å²) in [6.45, 7) is 0. The summed E-state index contributed by atoms with van der Waals surface area (Å²) < 4.78 is 41.6. The van der Waals surface area contributed by atoms with Crippen LogP contribution in [0.5, 0.6) is 0 Å². The van der Waals surface area contributed by atoms with Gasteiger partial charge in [-0.25, -0.2) is 0 Å². The van der Waals surface area contributed by atoms with E-state index in [9.17, 15) is 13.2 Å². The van der Waals surface area contributed by atoms with E-state index in [4.69, 9.17) is 28.0 Å². The molecule has 1 unspecified atom stereocenters. The van der Waals surface area contributed by atoms with E-state index in [2.05, 4.69) is 21.1 Å². The molecule has 0 N–H and O–H groups in total. The van der Waals surface area contributed by atoms with Gasteiger partial charge < -0.3 is 4.84 Å². The smallest absolute Gasteiger partial charge is 0.374 e. The maximum Gasteiger partial charge on any atom is 0.435 e. The molecule has 25 heavy (non-hydrogen) atoms. The van der Waals surface area contributed by atoms with Crippen LogP contribution in [0.15, 0.2) is 47.6 Å². The maximum atomic E-state index is 13.9. The first-order valence-corrected chi connectivity index (χ1v) is 9.06. The second-order valence-corrected chi connectivity index (χ2v) is 7.05. The molecule has 0 saturated heterocycles. The lowest BCUT2D eigenvalue weighted by atomic mass is 9.86. The molecular weight excluding hydrogens is 442 g/mol. The van der Waals surface area contributed by atoms with E-state index >= 15 is 0 Å². The number of benzene rings is 2. The molecule has 0 spiro atoms. The summed E-state index contributed by atoms with van der Waals surface area (Å²) in [4.78, 5) is 4.96. The average Bonchev–Trinajstić information content (AvgIpc) is 3.00. The highest BCUT2D eigenvalue weighted by Gasteiger charge is 2.62. The molecule has 1 aliphatic rings. The molecule has 2 nitrogen and oxygen atoms in total. The molecule has 2 aromatic rings. The Hall–Kier alpha value is -1.24. The van der Waals surface area contributed by atoms with Gasteiger partial charge in [0.15, 0.2) is 0 Å². The number of halogens is 6. The van der Waals surface area contributed by atoms with Crippen LogP contribution in [-0.2, 0) is 15.8 Å². The molecule has 0 fully saturated rings. The number of alkyl halides is 4. The SMILES string of the molecule is FC(F)(F)C1(c2cc(Cl)cc(Cl)c2)CC(c2ccc(CBr)cc2)=NO1. The number of nitrogens with zero attached hydrogens (tertiary/aromatic N) is 1. The van der Waals surface area contributed by atoms with E-state index in [1.54, 1.807) is 12.1 Å². The van der Waals surface area contributed by atoms with Gasteiger partial charge in [0.25, 0.3) is 5.60 Å². The van der Waals surface area contributed by atoms with Crippen LogP contribution in [0.1, 0.15) is 23.1 Å². The molecule has 2 aromatic carbocycles. The Morgan fingerprint density at radius 3 is 2.20 bits per heavy atom. The highest BCUT2D eigenvalue weighted by Crippen LogP contribution is 2.49. The largest absolute Gasteiger partial charge is 0.435 e. The lowest BCUT2D eigenvalue weighted by molar-refractivity contribution is -0.275. The molecule has 1 aliphatic heterocycles. The van der Waals surface area contributed by atoms with Gasteiger partial charge in [-0.3, -0.25) is 0 Å². The molecule has 8 heteroatoms. The molecule has 0 aliphatic carbocycles. The molecular formula is C17H11BrCl2F3NO. The third-order valence-electron chi connectivity index (χ3n) is 3.96. The first-order chi connectivity index (χ1) is 11.7. The molecule has 132 valence electrons. The minimum atomic E-state index is -4.69. The Kier molecular flexibility index (Phi) is 5.06. The van der Waals surface area contributed by atoms with Crippen molar-refractivity contribution in [2.45, 2.75) is 23.5 Å².